The van der Waals surface area contributed by atoms with E-state index in [-0.39, 0.29) is 18.2 Å². The zero-order valence-corrected chi connectivity index (χ0v) is 16.4. The van der Waals surface area contributed by atoms with Crippen molar-refractivity contribution >= 4 is 27.6 Å². The Bertz CT molecular complexity index is 932. The fourth-order valence-corrected chi connectivity index (χ4v) is 2.78. The minimum atomic E-state index is -0.487. The topological polar surface area (TPSA) is 71.3 Å². The van der Waals surface area contributed by atoms with Crippen molar-refractivity contribution < 1.29 is 13.7 Å². The molecule has 1 unspecified atom stereocenters. The number of carbonyl (C=O) groups is 1. The molecule has 1 atom stereocenters. The summed E-state index contributed by atoms with van der Waals surface area (Å²) in [6.07, 6.45) is 0. The molecule has 1 aromatic heterocycles. The molecule has 140 valence electrons. The fourth-order valence-electron chi connectivity index (χ4n) is 2.45. The molecule has 1 N–H and O–H groups in total. The number of amides is 2. The predicted molar refractivity (Wildman–Crippen MR) is 104 cm³/mol. The Hall–Kier alpha value is -2.74. The van der Waals surface area contributed by atoms with Gasteiger partial charge in [0.1, 0.15) is 5.82 Å². The van der Waals surface area contributed by atoms with Crippen LogP contribution in [0.5, 0.6) is 0 Å². The van der Waals surface area contributed by atoms with Crippen molar-refractivity contribution in [2.24, 2.45) is 0 Å². The van der Waals surface area contributed by atoms with Gasteiger partial charge in [-0.05, 0) is 18.2 Å². The highest BCUT2D eigenvalue weighted by Gasteiger charge is 2.19. The smallest absolute Gasteiger partial charge is 0.321 e. The van der Waals surface area contributed by atoms with Crippen LogP contribution in [0, 0.1) is 5.82 Å². The first kappa shape index (κ1) is 19.0. The number of aromatic nitrogens is 2. The van der Waals surface area contributed by atoms with Crippen LogP contribution in [0.3, 0.4) is 0 Å². The maximum atomic E-state index is 14.0. The second kappa shape index (κ2) is 8.30. The van der Waals surface area contributed by atoms with E-state index in [9.17, 15) is 9.18 Å². The van der Waals surface area contributed by atoms with Crippen LogP contribution in [0.2, 0.25) is 0 Å². The summed E-state index contributed by atoms with van der Waals surface area (Å²) in [7, 11) is 1.51. The van der Waals surface area contributed by atoms with E-state index in [0.717, 1.165) is 5.56 Å². The van der Waals surface area contributed by atoms with Gasteiger partial charge < -0.3 is 9.84 Å². The molecule has 3 rings (SSSR count). The molecule has 27 heavy (non-hydrogen) atoms. The first-order valence-electron chi connectivity index (χ1n) is 8.31. The summed E-state index contributed by atoms with van der Waals surface area (Å²) in [6, 6.07) is 13.6. The van der Waals surface area contributed by atoms with E-state index in [4.69, 9.17) is 4.52 Å². The van der Waals surface area contributed by atoms with Crippen molar-refractivity contribution in [1.82, 2.24) is 15.5 Å². The summed E-state index contributed by atoms with van der Waals surface area (Å²) in [6.45, 7) is 2.14. The second-order valence-corrected chi connectivity index (χ2v) is 6.98. The number of halogens is 2. The number of hydrogen-bond donors (Lipinski definition) is 1. The molecule has 0 saturated carbocycles. The highest BCUT2D eigenvalue weighted by molar-refractivity contribution is 9.10. The minimum Gasteiger partial charge on any atom is -0.339 e. The molecule has 0 radical (unpaired) electrons. The lowest BCUT2D eigenvalue weighted by atomic mass is 10.2. The van der Waals surface area contributed by atoms with Crippen molar-refractivity contribution in [1.29, 1.82) is 0 Å². The van der Waals surface area contributed by atoms with Crippen LogP contribution in [0.25, 0.3) is 11.4 Å². The van der Waals surface area contributed by atoms with Gasteiger partial charge in [0.2, 0.25) is 11.7 Å². The lowest BCUT2D eigenvalue weighted by Gasteiger charge is -2.19. The highest BCUT2D eigenvalue weighted by atomic mass is 79.9. The van der Waals surface area contributed by atoms with Crippen molar-refractivity contribution in [3.8, 4) is 11.4 Å². The van der Waals surface area contributed by atoms with Crippen LogP contribution in [-0.2, 0) is 0 Å². The first-order chi connectivity index (χ1) is 13.0. The number of urea groups is 1. The molecule has 0 bridgehead atoms. The number of benzene rings is 2. The van der Waals surface area contributed by atoms with Gasteiger partial charge in [0, 0.05) is 23.6 Å². The maximum absolute atomic E-state index is 14.0. The Morgan fingerprint density at radius 2 is 2.04 bits per heavy atom. The van der Waals surface area contributed by atoms with Gasteiger partial charge in [0.25, 0.3) is 0 Å². The summed E-state index contributed by atoms with van der Waals surface area (Å²) >= 11 is 3.19. The normalized spacial score (nSPS) is 11.9. The third kappa shape index (κ3) is 4.51. The summed E-state index contributed by atoms with van der Waals surface area (Å²) in [5, 5.41) is 6.72. The molecule has 0 fully saturated rings. The third-order valence-corrected chi connectivity index (χ3v) is 4.52. The van der Waals surface area contributed by atoms with E-state index < -0.39 is 11.8 Å². The Labute approximate surface area is 164 Å². The number of nitrogens with zero attached hydrogens (tertiary/aromatic N) is 3. The molecule has 0 spiro atoms. The third-order valence-electron chi connectivity index (χ3n) is 4.03. The Morgan fingerprint density at radius 1 is 1.30 bits per heavy atom. The second-order valence-electron chi connectivity index (χ2n) is 6.06. The van der Waals surface area contributed by atoms with E-state index in [1.807, 2.05) is 37.3 Å². The SMILES string of the molecule is CC(CNC(=O)N(C)c1ccc(Br)cc1F)c1nc(-c2ccccc2)no1. The number of anilines is 1. The molecule has 8 heteroatoms. The van der Waals surface area contributed by atoms with Crippen molar-refractivity contribution in [2.75, 3.05) is 18.5 Å². The van der Waals surface area contributed by atoms with Crippen LogP contribution in [0.15, 0.2) is 57.5 Å². The molecule has 0 saturated heterocycles. The minimum absolute atomic E-state index is 0.188. The summed E-state index contributed by atoms with van der Waals surface area (Å²) in [4.78, 5) is 17.9. The summed E-state index contributed by atoms with van der Waals surface area (Å²) in [5.41, 5.74) is 1.04. The molecule has 0 aliphatic carbocycles. The first-order valence-corrected chi connectivity index (χ1v) is 9.10. The Morgan fingerprint density at radius 3 is 2.74 bits per heavy atom. The van der Waals surface area contributed by atoms with E-state index in [0.29, 0.717) is 16.2 Å². The van der Waals surface area contributed by atoms with Gasteiger partial charge in [0.15, 0.2) is 0 Å². The van der Waals surface area contributed by atoms with Gasteiger partial charge in [-0.2, -0.15) is 4.98 Å². The van der Waals surface area contributed by atoms with Gasteiger partial charge in [0.05, 0.1) is 11.6 Å². The highest BCUT2D eigenvalue weighted by Crippen LogP contribution is 2.23. The standard InChI is InChI=1S/C19H18BrFN4O2/c1-12(18-23-17(24-27-18)13-6-4-3-5-7-13)11-22-19(26)25(2)16-9-8-14(20)10-15(16)21/h3-10,12H,11H2,1-2H3,(H,22,26). The summed E-state index contributed by atoms with van der Waals surface area (Å²) < 4.78 is 19.9. The van der Waals surface area contributed by atoms with Crippen LogP contribution in [0.4, 0.5) is 14.9 Å². The predicted octanol–water partition coefficient (Wildman–Crippen LogP) is 4.59. The van der Waals surface area contributed by atoms with Crippen LogP contribution in [0.1, 0.15) is 18.7 Å². The molecule has 6 nitrogen and oxygen atoms in total. The Kier molecular flexibility index (Phi) is 5.85. The van der Waals surface area contributed by atoms with Gasteiger partial charge in [-0.25, -0.2) is 9.18 Å². The molecule has 3 aromatic rings. The van der Waals surface area contributed by atoms with Crippen molar-refractivity contribution in [3.63, 3.8) is 0 Å². The lowest BCUT2D eigenvalue weighted by Crippen LogP contribution is -2.39. The fraction of sp³-hybridized carbons (Fsp3) is 0.211. The van der Waals surface area contributed by atoms with Crippen LogP contribution >= 0.6 is 15.9 Å². The molecule has 0 aliphatic rings. The number of nitrogens with one attached hydrogen (secondary N) is 1. The van der Waals surface area contributed by atoms with Crippen molar-refractivity contribution in [3.05, 3.63) is 64.7 Å². The quantitative estimate of drug-likeness (QED) is 0.639. The molecular weight excluding hydrogens is 415 g/mol. The zero-order chi connectivity index (χ0) is 19.4. The Balaban J connectivity index is 1.61. The monoisotopic (exact) mass is 432 g/mol. The van der Waals surface area contributed by atoms with Gasteiger partial charge >= 0.3 is 6.03 Å². The van der Waals surface area contributed by atoms with E-state index in [1.54, 1.807) is 6.07 Å². The van der Waals surface area contributed by atoms with E-state index in [1.165, 1.54) is 24.1 Å². The van der Waals surface area contributed by atoms with Gasteiger partial charge in [-0.1, -0.05) is 58.3 Å². The molecule has 0 aliphatic heterocycles. The summed E-state index contributed by atoms with van der Waals surface area (Å²) in [5.74, 6) is 0.242. The van der Waals surface area contributed by atoms with E-state index in [2.05, 4.69) is 31.4 Å². The number of carbonyl (C=O) groups excluding carboxylic acids is 1. The molecule has 2 aromatic carbocycles. The van der Waals surface area contributed by atoms with Crippen LogP contribution in [-0.4, -0.2) is 29.8 Å². The zero-order valence-electron chi connectivity index (χ0n) is 14.8. The van der Waals surface area contributed by atoms with Crippen molar-refractivity contribution in [2.45, 2.75) is 12.8 Å². The average Bonchev–Trinajstić information content (AvgIpc) is 3.16. The average molecular weight is 433 g/mol. The maximum Gasteiger partial charge on any atom is 0.321 e. The number of rotatable bonds is 5. The van der Waals surface area contributed by atoms with Crippen LogP contribution < -0.4 is 10.2 Å². The number of hydrogen-bond acceptors (Lipinski definition) is 4. The van der Waals surface area contributed by atoms with Gasteiger partial charge in [-0.15, -0.1) is 0 Å². The largest absolute Gasteiger partial charge is 0.339 e. The molecule has 2 amide bonds. The van der Waals surface area contributed by atoms with E-state index >= 15 is 0 Å². The molecule has 1 heterocycles. The lowest BCUT2D eigenvalue weighted by molar-refractivity contribution is 0.246. The molecular formula is C19H18BrFN4O2. The van der Waals surface area contributed by atoms with Gasteiger partial charge in [-0.3, -0.25) is 4.90 Å².